The van der Waals surface area contributed by atoms with Gasteiger partial charge in [0.25, 0.3) is 5.91 Å². The lowest BCUT2D eigenvalue weighted by atomic mass is 9.96. The Bertz CT molecular complexity index is 508. The first-order chi connectivity index (χ1) is 10.1. The average molecular weight is 289 g/mol. The zero-order valence-electron chi connectivity index (χ0n) is 12.7. The maximum absolute atomic E-state index is 12.1. The summed E-state index contributed by atoms with van der Waals surface area (Å²) in [6.45, 7) is 0. The van der Waals surface area contributed by atoms with Gasteiger partial charge in [0.2, 0.25) is 0 Å². The first-order valence-corrected chi connectivity index (χ1v) is 7.46. The second-order valence-corrected chi connectivity index (χ2v) is 5.68. The summed E-state index contributed by atoms with van der Waals surface area (Å²) in [6.07, 6.45) is 5.65. The highest BCUT2D eigenvalue weighted by Gasteiger charge is 2.18. The van der Waals surface area contributed by atoms with E-state index in [1.807, 2.05) is 6.07 Å². The van der Waals surface area contributed by atoms with Crippen LogP contribution in [0.25, 0.3) is 0 Å². The van der Waals surface area contributed by atoms with Gasteiger partial charge in [0.1, 0.15) is 0 Å². The van der Waals surface area contributed by atoms with E-state index < -0.39 is 0 Å². The molecule has 0 bridgehead atoms. The summed E-state index contributed by atoms with van der Waals surface area (Å²) in [7, 11) is 3.39. The normalized spacial score (nSPS) is 15.3. The summed E-state index contributed by atoms with van der Waals surface area (Å²) < 4.78 is 0. The van der Waals surface area contributed by atoms with Gasteiger partial charge in [0.05, 0.1) is 11.3 Å². The highest BCUT2D eigenvalue weighted by molar-refractivity contribution is 6.03. The minimum absolute atomic E-state index is 0.122. The molecule has 1 aliphatic rings. The molecule has 0 radical (unpaired) electrons. The van der Waals surface area contributed by atoms with Crippen LogP contribution < -0.4 is 10.6 Å². The molecule has 1 aliphatic carbocycles. The fraction of sp³-hybridized carbons (Fsp3) is 0.500. The molecule has 0 atom stereocenters. The molecule has 0 aromatic heterocycles. The second-order valence-electron chi connectivity index (χ2n) is 5.68. The summed E-state index contributed by atoms with van der Waals surface area (Å²) >= 11 is 0. The van der Waals surface area contributed by atoms with E-state index >= 15 is 0 Å². The Hall–Kier alpha value is -2.04. The summed E-state index contributed by atoms with van der Waals surface area (Å²) in [4.78, 5) is 25.7. The molecule has 5 nitrogen and oxygen atoms in total. The molecule has 0 unspecified atom stereocenters. The van der Waals surface area contributed by atoms with Crippen LogP contribution >= 0.6 is 0 Å². The molecule has 5 heteroatoms. The minimum atomic E-state index is -0.235. The number of hydrogen-bond donors (Lipinski definition) is 2. The Labute approximate surface area is 125 Å². The zero-order chi connectivity index (χ0) is 15.2. The summed E-state index contributed by atoms with van der Waals surface area (Å²) in [6, 6.07) is 7.08. The van der Waals surface area contributed by atoms with E-state index in [0.29, 0.717) is 11.3 Å². The van der Waals surface area contributed by atoms with Crippen LogP contribution in [-0.2, 0) is 0 Å². The molecule has 2 rings (SSSR count). The third-order valence-corrected chi connectivity index (χ3v) is 3.75. The lowest BCUT2D eigenvalue weighted by Gasteiger charge is -2.23. The third kappa shape index (κ3) is 4.21. The Balaban J connectivity index is 2.01. The molecule has 1 saturated carbocycles. The van der Waals surface area contributed by atoms with Gasteiger partial charge in [-0.15, -0.1) is 0 Å². The topological polar surface area (TPSA) is 61.4 Å². The SMILES string of the molecule is CN(C)C(=O)c1ccccc1NC(=O)NC1CCCCC1. The predicted molar refractivity (Wildman–Crippen MR) is 83.5 cm³/mol. The Morgan fingerprint density at radius 2 is 1.76 bits per heavy atom. The van der Waals surface area contributed by atoms with Crippen molar-refractivity contribution in [1.82, 2.24) is 10.2 Å². The fourth-order valence-electron chi connectivity index (χ4n) is 2.61. The van der Waals surface area contributed by atoms with Crippen LogP contribution in [0.2, 0.25) is 0 Å². The van der Waals surface area contributed by atoms with E-state index in [1.165, 1.54) is 24.2 Å². The molecule has 1 aromatic carbocycles. The van der Waals surface area contributed by atoms with Gasteiger partial charge in [-0.2, -0.15) is 0 Å². The molecule has 114 valence electrons. The number of benzene rings is 1. The van der Waals surface area contributed by atoms with E-state index in [4.69, 9.17) is 0 Å². The van der Waals surface area contributed by atoms with E-state index in [9.17, 15) is 9.59 Å². The highest BCUT2D eigenvalue weighted by Crippen LogP contribution is 2.19. The van der Waals surface area contributed by atoms with Crippen molar-refractivity contribution in [2.75, 3.05) is 19.4 Å². The van der Waals surface area contributed by atoms with Gasteiger partial charge in [-0.3, -0.25) is 4.79 Å². The van der Waals surface area contributed by atoms with Gasteiger partial charge in [0, 0.05) is 20.1 Å². The van der Waals surface area contributed by atoms with Crippen LogP contribution in [0.15, 0.2) is 24.3 Å². The molecule has 0 spiro atoms. The Morgan fingerprint density at radius 1 is 1.10 bits per heavy atom. The van der Waals surface area contributed by atoms with Gasteiger partial charge >= 0.3 is 6.03 Å². The number of rotatable bonds is 3. The Morgan fingerprint density at radius 3 is 2.43 bits per heavy atom. The molecule has 3 amide bonds. The summed E-state index contributed by atoms with van der Waals surface area (Å²) in [5.41, 5.74) is 1.05. The molecule has 1 aromatic rings. The van der Waals surface area contributed by atoms with E-state index in [2.05, 4.69) is 10.6 Å². The quantitative estimate of drug-likeness (QED) is 0.899. The van der Waals surface area contributed by atoms with Crippen LogP contribution in [0.3, 0.4) is 0 Å². The van der Waals surface area contributed by atoms with Crippen LogP contribution in [0.1, 0.15) is 42.5 Å². The number of hydrogen-bond acceptors (Lipinski definition) is 2. The Kier molecular flexibility index (Phi) is 5.20. The van der Waals surface area contributed by atoms with E-state index in [0.717, 1.165) is 12.8 Å². The summed E-state index contributed by atoms with van der Waals surface area (Å²) in [5, 5.41) is 5.78. The van der Waals surface area contributed by atoms with Crippen molar-refractivity contribution in [3.8, 4) is 0 Å². The molecular weight excluding hydrogens is 266 g/mol. The average Bonchev–Trinajstić information content (AvgIpc) is 2.48. The van der Waals surface area contributed by atoms with Gasteiger partial charge in [-0.1, -0.05) is 31.4 Å². The van der Waals surface area contributed by atoms with E-state index in [1.54, 1.807) is 32.3 Å². The molecular formula is C16H23N3O2. The van der Waals surface area contributed by atoms with Crippen LogP contribution in [0, 0.1) is 0 Å². The van der Waals surface area contributed by atoms with Crippen molar-refractivity contribution in [1.29, 1.82) is 0 Å². The van der Waals surface area contributed by atoms with Crippen molar-refractivity contribution in [3.05, 3.63) is 29.8 Å². The van der Waals surface area contributed by atoms with Gasteiger partial charge < -0.3 is 15.5 Å². The van der Waals surface area contributed by atoms with Gasteiger partial charge in [-0.25, -0.2) is 4.79 Å². The number of carbonyl (C=O) groups excluding carboxylic acids is 2. The molecule has 0 heterocycles. The van der Waals surface area contributed by atoms with Crippen molar-refractivity contribution in [2.45, 2.75) is 38.1 Å². The molecule has 21 heavy (non-hydrogen) atoms. The van der Waals surface area contributed by atoms with Crippen LogP contribution in [-0.4, -0.2) is 37.0 Å². The van der Waals surface area contributed by atoms with Crippen LogP contribution in [0.4, 0.5) is 10.5 Å². The monoisotopic (exact) mass is 289 g/mol. The van der Waals surface area contributed by atoms with Gasteiger partial charge in [0.15, 0.2) is 0 Å². The number of nitrogens with zero attached hydrogens (tertiary/aromatic N) is 1. The third-order valence-electron chi connectivity index (χ3n) is 3.75. The molecule has 0 saturated heterocycles. The highest BCUT2D eigenvalue weighted by atomic mass is 16.2. The number of nitrogens with one attached hydrogen (secondary N) is 2. The first kappa shape index (κ1) is 15.4. The maximum atomic E-state index is 12.1. The maximum Gasteiger partial charge on any atom is 0.319 e. The number of para-hydroxylation sites is 1. The summed E-state index contributed by atoms with van der Waals surface area (Å²) in [5.74, 6) is -0.122. The smallest absolute Gasteiger partial charge is 0.319 e. The number of urea groups is 1. The van der Waals surface area contributed by atoms with Crippen molar-refractivity contribution in [2.24, 2.45) is 0 Å². The molecule has 2 N–H and O–H groups in total. The standard InChI is InChI=1S/C16H23N3O2/c1-19(2)15(20)13-10-6-7-11-14(13)18-16(21)17-12-8-4-3-5-9-12/h6-7,10-12H,3-5,8-9H2,1-2H3,(H2,17,18,21). The molecule has 1 fully saturated rings. The zero-order valence-corrected chi connectivity index (χ0v) is 12.7. The van der Waals surface area contributed by atoms with Crippen molar-refractivity contribution in [3.63, 3.8) is 0 Å². The minimum Gasteiger partial charge on any atom is -0.345 e. The number of carbonyl (C=O) groups is 2. The second kappa shape index (κ2) is 7.11. The number of anilines is 1. The molecule has 0 aliphatic heterocycles. The fourth-order valence-corrected chi connectivity index (χ4v) is 2.61. The van der Waals surface area contributed by atoms with Crippen molar-refractivity contribution < 1.29 is 9.59 Å². The van der Waals surface area contributed by atoms with Crippen LogP contribution in [0.5, 0.6) is 0 Å². The van der Waals surface area contributed by atoms with Gasteiger partial charge in [-0.05, 0) is 25.0 Å². The predicted octanol–water partition coefficient (Wildman–Crippen LogP) is 2.84. The largest absolute Gasteiger partial charge is 0.345 e. The van der Waals surface area contributed by atoms with Crippen molar-refractivity contribution >= 4 is 17.6 Å². The first-order valence-electron chi connectivity index (χ1n) is 7.46. The number of amides is 3. The van der Waals surface area contributed by atoms with E-state index in [-0.39, 0.29) is 18.0 Å². The lowest BCUT2D eigenvalue weighted by Crippen LogP contribution is -2.39. The lowest BCUT2D eigenvalue weighted by molar-refractivity contribution is 0.0828.